The van der Waals surface area contributed by atoms with Crippen molar-refractivity contribution in [2.24, 2.45) is 0 Å². The number of para-hydroxylation sites is 1. The Morgan fingerprint density at radius 3 is 2.42 bits per heavy atom. The number of nitrogens with zero attached hydrogens (tertiary/aromatic N) is 3. The summed E-state index contributed by atoms with van der Waals surface area (Å²) in [5.74, 6) is 0. The predicted molar refractivity (Wildman–Crippen MR) is 78.6 cm³/mol. The first-order chi connectivity index (χ1) is 9.31. The van der Waals surface area contributed by atoms with Crippen molar-refractivity contribution in [2.45, 2.75) is 52.4 Å². The second-order valence-electron chi connectivity index (χ2n) is 5.02. The monoisotopic (exact) mass is 257 g/mol. The van der Waals surface area contributed by atoms with E-state index in [2.05, 4.69) is 17.1 Å². The molecule has 0 aliphatic rings. The van der Waals surface area contributed by atoms with Crippen LogP contribution in [0.5, 0.6) is 0 Å². The maximum absolute atomic E-state index is 4.60. The third-order valence-electron chi connectivity index (χ3n) is 3.38. The van der Waals surface area contributed by atoms with Gasteiger partial charge in [-0.2, -0.15) is 15.0 Å². The van der Waals surface area contributed by atoms with Crippen molar-refractivity contribution in [3.8, 4) is 5.69 Å². The SMILES string of the molecule is CCCCCCCc1nn(-c2ccccc2)nc1C. The van der Waals surface area contributed by atoms with Crippen molar-refractivity contribution in [3.63, 3.8) is 0 Å². The molecule has 0 saturated carbocycles. The number of unbranched alkanes of at least 4 members (excludes halogenated alkanes) is 4. The Morgan fingerprint density at radius 1 is 0.947 bits per heavy atom. The van der Waals surface area contributed by atoms with E-state index in [9.17, 15) is 0 Å². The molecule has 0 aliphatic heterocycles. The lowest BCUT2D eigenvalue weighted by molar-refractivity contribution is 0.624. The van der Waals surface area contributed by atoms with Crippen LogP contribution in [-0.2, 0) is 6.42 Å². The largest absolute Gasteiger partial charge is 0.153 e. The lowest BCUT2D eigenvalue weighted by Gasteiger charge is -1.99. The van der Waals surface area contributed by atoms with Crippen LogP contribution in [0.15, 0.2) is 30.3 Å². The van der Waals surface area contributed by atoms with Crippen LogP contribution in [0.1, 0.15) is 50.4 Å². The summed E-state index contributed by atoms with van der Waals surface area (Å²) in [6.07, 6.45) is 7.53. The van der Waals surface area contributed by atoms with Gasteiger partial charge in [-0.05, 0) is 31.9 Å². The zero-order valence-corrected chi connectivity index (χ0v) is 12.0. The van der Waals surface area contributed by atoms with Crippen molar-refractivity contribution in [2.75, 3.05) is 0 Å². The summed E-state index contributed by atoms with van der Waals surface area (Å²) in [6.45, 7) is 4.30. The highest BCUT2D eigenvalue weighted by molar-refractivity contribution is 5.29. The molecule has 0 radical (unpaired) electrons. The van der Waals surface area contributed by atoms with E-state index in [0.29, 0.717) is 0 Å². The van der Waals surface area contributed by atoms with Crippen molar-refractivity contribution in [1.82, 2.24) is 15.0 Å². The van der Waals surface area contributed by atoms with E-state index in [1.54, 1.807) is 4.80 Å². The quantitative estimate of drug-likeness (QED) is 0.699. The number of hydrogen-bond acceptors (Lipinski definition) is 2. The number of hydrogen-bond donors (Lipinski definition) is 0. The van der Waals surface area contributed by atoms with Gasteiger partial charge in [-0.3, -0.25) is 0 Å². The first-order valence-electron chi connectivity index (χ1n) is 7.29. The third-order valence-corrected chi connectivity index (χ3v) is 3.38. The van der Waals surface area contributed by atoms with Crippen LogP contribution in [-0.4, -0.2) is 15.0 Å². The van der Waals surface area contributed by atoms with Gasteiger partial charge in [-0.15, -0.1) is 0 Å². The summed E-state index contributed by atoms with van der Waals surface area (Å²) >= 11 is 0. The molecule has 0 unspecified atom stereocenters. The molecule has 2 rings (SSSR count). The highest BCUT2D eigenvalue weighted by Crippen LogP contribution is 2.12. The minimum atomic E-state index is 1.03. The summed E-state index contributed by atoms with van der Waals surface area (Å²) in [5, 5.41) is 9.10. The Kier molecular flexibility index (Phi) is 5.13. The van der Waals surface area contributed by atoms with E-state index in [1.165, 1.54) is 32.1 Å². The van der Waals surface area contributed by atoms with Crippen LogP contribution < -0.4 is 0 Å². The average molecular weight is 257 g/mol. The topological polar surface area (TPSA) is 30.7 Å². The molecule has 1 heterocycles. The molecule has 19 heavy (non-hydrogen) atoms. The van der Waals surface area contributed by atoms with Crippen molar-refractivity contribution in [1.29, 1.82) is 0 Å². The molecule has 0 aliphatic carbocycles. The Labute approximate surface area is 115 Å². The van der Waals surface area contributed by atoms with Crippen LogP contribution in [0.25, 0.3) is 5.69 Å². The van der Waals surface area contributed by atoms with Gasteiger partial charge in [-0.25, -0.2) is 0 Å². The van der Waals surface area contributed by atoms with Gasteiger partial charge in [0.2, 0.25) is 0 Å². The Hall–Kier alpha value is -1.64. The van der Waals surface area contributed by atoms with E-state index in [-0.39, 0.29) is 0 Å². The molecule has 0 amide bonds. The fourth-order valence-electron chi connectivity index (χ4n) is 2.21. The number of rotatable bonds is 7. The average Bonchev–Trinajstić information content (AvgIpc) is 2.81. The van der Waals surface area contributed by atoms with E-state index in [0.717, 1.165) is 23.5 Å². The second-order valence-corrected chi connectivity index (χ2v) is 5.02. The Bertz CT molecular complexity index is 488. The first-order valence-corrected chi connectivity index (χ1v) is 7.29. The zero-order chi connectivity index (χ0) is 13.5. The predicted octanol–water partition coefficient (Wildman–Crippen LogP) is 4.09. The second kappa shape index (κ2) is 7.07. The molecule has 0 spiro atoms. The fraction of sp³-hybridized carbons (Fsp3) is 0.500. The van der Waals surface area contributed by atoms with Gasteiger partial charge in [0, 0.05) is 0 Å². The highest BCUT2D eigenvalue weighted by Gasteiger charge is 2.07. The van der Waals surface area contributed by atoms with Gasteiger partial charge in [0.1, 0.15) is 0 Å². The molecule has 0 N–H and O–H groups in total. The van der Waals surface area contributed by atoms with Crippen molar-refractivity contribution >= 4 is 0 Å². The zero-order valence-electron chi connectivity index (χ0n) is 12.0. The molecule has 1 aromatic carbocycles. The maximum atomic E-state index is 4.60. The van der Waals surface area contributed by atoms with Crippen LogP contribution in [0.2, 0.25) is 0 Å². The minimum absolute atomic E-state index is 1.03. The number of aromatic nitrogens is 3. The molecule has 0 saturated heterocycles. The van der Waals surface area contributed by atoms with Gasteiger partial charge in [-0.1, -0.05) is 50.8 Å². The first kappa shape index (κ1) is 13.8. The van der Waals surface area contributed by atoms with Crippen LogP contribution in [0.3, 0.4) is 0 Å². The molecule has 2 aromatic rings. The molecule has 3 nitrogen and oxygen atoms in total. The molecule has 0 fully saturated rings. The number of aryl methyl sites for hydroxylation is 2. The van der Waals surface area contributed by atoms with Crippen molar-refractivity contribution in [3.05, 3.63) is 41.7 Å². The maximum Gasteiger partial charge on any atom is 0.0860 e. The van der Waals surface area contributed by atoms with E-state index in [4.69, 9.17) is 0 Å². The summed E-state index contributed by atoms with van der Waals surface area (Å²) < 4.78 is 0. The summed E-state index contributed by atoms with van der Waals surface area (Å²) in [4.78, 5) is 1.75. The van der Waals surface area contributed by atoms with Crippen molar-refractivity contribution < 1.29 is 0 Å². The standard InChI is InChI=1S/C16H23N3/c1-3-4-5-6-10-13-16-14(2)17-19(18-16)15-11-8-7-9-12-15/h7-9,11-12H,3-6,10,13H2,1-2H3. The normalized spacial score (nSPS) is 10.8. The highest BCUT2D eigenvalue weighted by atomic mass is 15.5. The summed E-state index contributed by atoms with van der Waals surface area (Å²) in [5.41, 5.74) is 3.22. The molecular formula is C16H23N3. The fourth-order valence-corrected chi connectivity index (χ4v) is 2.21. The molecule has 1 aromatic heterocycles. The van der Waals surface area contributed by atoms with E-state index < -0.39 is 0 Å². The summed E-state index contributed by atoms with van der Waals surface area (Å²) in [7, 11) is 0. The smallest absolute Gasteiger partial charge is 0.0860 e. The molecular weight excluding hydrogens is 234 g/mol. The van der Waals surface area contributed by atoms with Crippen LogP contribution >= 0.6 is 0 Å². The Balaban J connectivity index is 1.94. The summed E-state index contributed by atoms with van der Waals surface area (Å²) in [6, 6.07) is 10.1. The molecule has 0 atom stereocenters. The van der Waals surface area contributed by atoms with Gasteiger partial charge in [0.05, 0.1) is 17.1 Å². The molecule has 102 valence electrons. The lowest BCUT2D eigenvalue weighted by atomic mass is 10.1. The van der Waals surface area contributed by atoms with Gasteiger partial charge in [0.15, 0.2) is 0 Å². The van der Waals surface area contributed by atoms with Crippen LogP contribution in [0.4, 0.5) is 0 Å². The number of benzene rings is 1. The van der Waals surface area contributed by atoms with E-state index in [1.807, 2.05) is 37.3 Å². The Morgan fingerprint density at radius 2 is 1.68 bits per heavy atom. The third kappa shape index (κ3) is 3.91. The lowest BCUT2D eigenvalue weighted by Crippen LogP contribution is -1.98. The van der Waals surface area contributed by atoms with Crippen LogP contribution in [0, 0.1) is 6.92 Å². The molecule has 3 heteroatoms. The van der Waals surface area contributed by atoms with Gasteiger partial charge >= 0.3 is 0 Å². The van der Waals surface area contributed by atoms with E-state index >= 15 is 0 Å². The molecule has 0 bridgehead atoms. The van der Waals surface area contributed by atoms with Gasteiger partial charge < -0.3 is 0 Å². The minimum Gasteiger partial charge on any atom is -0.153 e. The van der Waals surface area contributed by atoms with Gasteiger partial charge in [0.25, 0.3) is 0 Å².